The normalized spacial score (nSPS) is 12.4. The van der Waals surface area contributed by atoms with E-state index >= 15 is 0 Å². The van der Waals surface area contributed by atoms with Crippen molar-refractivity contribution in [3.63, 3.8) is 0 Å². The van der Waals surface area contributed by atoms with Gasteiger partial charge in [0.2, 0.25) is 5.95 Å². The zero-order chi connectivity index (χ0) is 13.5. The van der Waals surface area contributed by atoms with E-state index in [2.05, 4.69) is 58.5 Å². The molecule has 4 heteroatoms. The van der Waals surface area contributed by atoms with E-state index < -0.39 is 0 Å². The molecule has 0 fully saturated rings. The van der Waals surface area contributed by atoms with Crippen molar-refractivity contribution in [3.05, 3.63) is 54.4 Å². The maximum absolute atomic E-state index is 4.24. The van der Waals surface area contributed by atoms with Crippen molar-refractivity contribution < 1.29 is 0 Å². The summed E-state index contributed by atoms with van der Waals surface area (Å²) in [5, 5.41) is 3.40. The first kappa shape index (κ1) is 13.5. The number of anilines is 1. The Morgan fingerprint density at radius 3 is 2.37 bits per heavy atom. The molecule has 2 aromatic rings. The predicted octanol–water partition coefficient (Wildman–Crippen LogP) is 2.58. The molecule has 0 aliphatic carbocycles. The Hall–Kier alpha value is -1.94. The number of benzene rings is 1. The van der Waals surface area contributed by atoms with Crippen LogP contribution in [0.25, 0.3) is 0 Å². The van der Waals surface area contributed by atoms with Gasteiger partial charge in [0.25, 0.3) is 0 Å². The number of hydrogen-bond donors (Lipinski definition) is 1. The van der Waals surface area contributed by atoms with Crippen molar-refractivity contribution in [1.29, 1.82) is 0 Å². The number of nitrogens with zero attached hydrogens (tertiary/aromatic N) is 3. The van der Waals surface area contributed by atoms with Crippen LogP contribution in [-0.4, -0.2) is 35.5 Å². The van der Waals surface area contributed by atoms with Crippen LogP contribution in [-0.2, 0) is 0 Å². The first-order valence-corrected chi connectivity index (χ1v) is 6.49. The summed E-state index contributed by atoms with van der Waals surface area (Å²) < 4.78 is 0. The van der Waals surface area contributed by atoms with Gasteiger partial charge in [-0.15, -0.1) is 0 Å². The average molecular weight is 256 g/mol. The summed E-state index contributed by atoms with van der Waals surface area (Å²) in [7, 11) is 4.17. The molecule has 0 saturated heterocycles. The van der Waals surface area contributed by atoms with E-state index in [4.69, 9.17) is 0 Å². The van der Waals surface area contributed by atoms with Gasteiger partial charge < -0.3 is 10.2 Å². The van der Waals surface area contributed by atoms with Gasteiger partial charge >= 0.3 is 0 Å². The van der Waals surface area contributed by atoms with Crippen LogP contribution in [0.15, 0.2) is 48.8 Å². The molecule has 0 aliphatic rings. The summed E-state index contributed by atoms with van der Waals surface area (Å²) in [5.74, 6) is 0.676. The number of nitrogens with one attached hydrogen (secondary N) is 1. The van der Waals surface area contributed by atoms with Gasteiger partial charge in [0.05, 0.1) is 6.04 Å². The smallest absolute Gasteiger partial charge is 0.223 e. The summed E-state index contributed by atoms with van der Waals surface area (Å²) in [6, 6.07) is 12.5. The molecular formula is C15H20N4. The van der Waals surface area contributed by atoms with E-state index in [1.165, 1.54) is 5.56 Å². The van der Waals surface area contributed by atoms with Gasteiger partial charge in [-0.3, -0.25) is 0 Å². The second kappa shape index (κ2) is 6.85. The van der Waals surface area contributed by atoms with Crippen molar-refractivity contribution in [1.82, 2.24) is 14.9 Å². The molecule has 1 heterocycles. The van der Waals surface area contributed by atoms with Crippen molar-refractivity contribution in [2.45, 2.75) is 12.5 Å². The quantitative estimate of drug-likeness (QED) is 0.862. The van der Waals surface area contributed by atoms with Gasteiger partial charge in [-0.25, -0.2) is 9.97 Å². The largest absolute Gasteiger partial charge is 0.347 e. The second-order valence-electron chi connectivity index (χ2n) is 4.77. The Balaban J connectivity index is 2.10. The molecule has 1 atom stereocenters. The lowest BCUT2D eigenvalue weighted by Crippen LogP contribution is -2.20. The Morgan fingerprint density at radius 2 is 1.74 bits per heavy atom. The minimum absolute atomic E-state index is 0.228. The fourth-order valence-electron chi connectivity index (χ4n) is 1.92. The van der Waals surface area contributed by atoms with Crippen LogP contribution < -0.4 is 5.32 Å². The minimum atomic E-state index is 0.228. The summed E-state index contributed by atoms with van der Waals surface area (Å²) in [6.07, 6.45) is 4.52. The van der Waals surface area contributed by atoms with Crippen LogP contribution in [0.5, 0.6) is 0 Å². The fraction of sp³-hybridized carbons (Fsp3) is 0.333. The molecule has 2 rings (SSSR count). The molecule has 0 saturated carbocycles. The molecule has 0 amide bonds. The second-order valence-corrected chi connectivity index (χ2v) is 4.77. The van der Waals surface area contributed by atoms with Gasteiger partial charge in [0.15, 0.2) is 0 Å². The summed E-state index contributed by atoms with van der Waals surface area (Å²) in [6.45, 7) is 1.01. The molecule has 1 N–H and O–H groups in total. The highest BCUT2D eigenvalue weighted by Crippen LogP contribution is 2.20. The topological polar surface area (TPSA) is 41.0 Å². The third-order valence-corrected chi connectivity index (χ3v) is 2.94. The first-order chi connectivity index (χ1) is 9.25. The van der Waals surface area contributed by atoms with Crippen LogP contribution in [0.2, 0.25) is 0 Å². The molecular weight excluding hydrogens is 236 g/mol. The van der Waals surface area contributed by atoms with Crippen molar-refractivity contribution in [2.75, 3.05) is 26.0 Å². The third kappa shape index (κ3) is 4.34. The van der Waals surface area contributed by atoms with Crippen molar-refractivity contribution >= 4 is 5.95 Å². The van der Waals surface area contributed by atoms with Crippen molar-refractivity contribution in [3.8, 4) is 0 Å². The van der Waals surface area contributed by atoms with E-state index in [1.807, 2.05) is 12.1 Å². The van der Waals surface area contributed by atoms with E-state index in [-0.39, 0.29) is 6.04 Å². The molecule has 0 aliphatic heterocycles. The highest BCUT2D eigenvalue weighted by Gasteiger charge is 2.12. The lowest BCUT2D eigenvalue weighted by atomic mass is 10.0. The highest BCUT2D eigenvalue weighted by molar-refractivity contribution is 5.31. The molecule has 19 heavy (non-hydrogen) atoms. The molecule has 0 spiro atoms. The lowest BCUT2D eigenvalue weighted by molar-refractivity contribution is 0.387. The third-order valence-electron chi connectivity index (χ3n) is 2.94. The van der Waals surface area contributed by atoms with E-state index in [0.29, 0.717) is 5.95 Å². The number of aromatic nitrogens is 2. The van der Waals surface area contributed by atoms with Crippen LogP contribution in [0, 0.1) is 0 Å². The zero-order valence-corrected chi connectivity index (χ0v) is 11.5. The minimum Gasteiger partial charge on any atom is -0.347 e. The lowest BCUT2D eigenvalue weighted by Gasteiger charge is -2.21. The summed E-state index contributed by atoms with van der Waals surface area (Å²) >= 11 is 0. The van der Waals surface area contributed by atoms with Crippen molar-refractivity contribution in [2.24, 2.45) is 0 Å². The Labute approximate surface area is 114 Å². The molecule has 0 unspecified atom stereocenters. The molecule has 4 nitrogen and oxygen atoms in total. The van der Waals surface area contributed by atoms with E-state index in [9.17, 15) is 0 Å². The summed E-state index contributed by atoms with van der Waals surface area (Å²) in [4.78, 5) is 10.7. The average Bonchev–Trinajstić information content (AvgIpc) is 2.45. The SMILES string of the molecule is CN(C)CC[C@H](Nc1ncccn1)c1ccccc1. The summed E-state index contributed by atoms with van der Waals surface area (Å²) in [5.41, 5.74) is 1.26. The predicted molar refractivity (Wildman–Crippen MR) is 78.0 cm³/mol. The van der Waals surface area contributed by atoms with Gasteiger partial charge in [-0.05, 0) is 38.7 Å². The standard InChI is InChI=1S/C15H20N4/c1-19(2)12-9-14(13-7-4-3-5-8-13)18-15-16-10-6-11-17-15/h3-8,10-11,14H,9,12H2,1-2H3,(H,16,17,18)/t14-/m0/s1. The van der Waals surface area contributed by atoms with Crippen LogP contribution >= 0.6 is 0 Å². The van der Waals surface area contributed by atoms with Gasteiger partial charge in [-0.2, -0.15) is 0 Å². The zero-order valence-electron chi connectivity index (χ0n) is 11.5. The fourth-order valence-corrected chi connectivity index (χ4v) is 1.92. The Bertz CT molecular complexity index is 470. The van der Waals surface area contributed by atoms with E-state index in [0.717, 1.165) is 13.0 Å². The molecule has 100 valence electrons. The molecule has 1 aromatic heterocycles. The molecule has 0 radical (unpaired) electrons. The van der Waals surface area contributed by atoms with E-state index in [1.54, 1.807) is 12.4 Å². The number of rotatable bonds is 6. The number of hydrogen-bond acceptors (Lipinski definition) is 4. The van der Waals surface area contributed by atoms with Crippen LogP contribution in [0.1, 0.15) is 18.0 Å². The van der Waals surface area contributed by atoms with Crippen LogP contribution in [0.3, 0.4) is 0 Å². The monoisotopic (exact) mass is 256 g/mol. The van der Waals surface area contributed by atoms with Gasteiger partial charge in [0, 0.05) is 12.4 Å². The van der Waals surface area contributed by atoms with Crippen LogP contribution in [0.4, 0.5) is 5.95 Å². The Morgan fingerprint density at radius 1 is 1.05 bits per heavy atom. The Kier molecular flexibility index (Phi) is 4.86. The maximum atomic E-state index is 4.24. The highest BCUT2D eigenvalue weighted by atomic mass is 15.1. The molecule has 1 aromatic carbocycles. The van der Waals surface area contributed by atoms with Gasteiger partial charge in [0.1, 0.15) is 0 Å². The van der Waals surface area contributed by atoms with Gasteiger partial charge in [-0.1, -0.05) is 30.3 Å². The first-order valence-electron chi connectivity index (χ1n) is 6.49. The molecule has 0 bridgehead atoms. The maximum Gasteiger partial charge on any atom is 0.223 e.